The lowest BCUT2D eigenvalue weighted by Gasteiger charge is -2.12. The first-order valence-electron chi connectivity index (χ1n) is 11.0. The van der Waals surface area contributed by atoms with Crippen LogP contribution in [0.5, 0.6) is 6.01 Å². The largest absolute Gasteiger partial charge is 0.456 e. The van der Waals surface area contributed by atoms with Gasteiger partial charge in [-0.15, -0.1) is 5.10 Å². The van der Waals surface area contributed by atoms with E-state index >= 15 is 0 Å². The Bertz CT molecular complexity index is 1730. The van der Waals surface area contributed by atoms with E-state index in [-0.39, 0.29) is 24.1 Å². The molecule has 0 aliphatic heterocycles. The van der Waals surface area contributed by atoms with Crippen molar-refractivity contribution in [1.82, 2.24) is 34.3 Å². The van der Waals surface area contributed by atoms with Crippen molar-refractivity contribution < 1.29 is 4.74 Å². The van der Waals surface area contributed by atoms with E-state index in [0.29, 0.717) is 33.7 Å². The molecule has 36 heavy (non-hydrogen) atoms. The molecule has 2 N–H and O–H groups in total. The summed E-state index contributed by atoms with van der Waals surface area (Å²) in [5, 5.41) is 18.2. The van der Waals surface area contributed by atoms with Gasteiger partial charge in [-0.25, -0.2) is 9.67 Å². The van der Waals surface area contributed by atoms with Crippen LogP contribution in [-0.2, 0) is 13.7 Å². The van der Waals surface area contributed by atoms with Gasteiger partial charge < -0.3 is 10.5 Å². The fourth-order valence-corrected chi connectivity index (χ4v) is 3.78. The first-order valence-corrected chi connectivity index (χ1v) is 11.0. The molecule has 0 saturated carbocycles. The minimum atomic E-state index is -0.266. The van der Waals surface area contributed by atoms with Crippen molar-refractivity contribution in [3.05, 3.63) is 81.4 Å². The fraction of sp³-hybridized carbons (Fsp3) is 0.160. The summed E-state index contributed by atoms with van der Waals surface area (Å²) in [5.74, 6) is 0.0724. The molecule has 11 nitrogen and oxygen atoms in total. The number of aromatic nitrogens is 7. The summed E-state index contributed by atoms with van der Waals surface area (Å²) in [5.41, 5.74) is 11.4. The van der Waals surface area contributed by atoms with E-state index in [9.17, 15) is 10.1 Å². The predicted octanol–water partition coefficient (Wildman–Crippen LogP) is 2.60. The summed E-state index contributed by atoms with van der Waals surface area (Å²) >= 11 is 0. The highest BCUT2D eigenvalue weighted by Crippen LogP contribution is 2.34. The molecule has 178 valence electrons. The van der Waals surface area contributed by atoms with Crippen molar-refractivity contribution in [2.45, 2.75) is 20.5 Å². The maximum Gasteiger partial charge on any atom is 0.336 e. The third-order valence-electron chi connectivity index (χ3n) is 5.65. The number of ether oxygens (including phenoxy) is 1. The van der Waals surface area contributed by atoms with E-state index in [1.54, 1.807) is 31.3 Å². The van der Waals surface area contributed by atoms with Crippen LogP contribution in [0.15, 0.2) is 53.3 Å². The second-order valence-electron chi connectivity index (χ2n) is 8.20. The summed E-state index contributed by atoms with van der Waals surface area (Å²) in [6.45, 7) is 4.03. The van der Waals surface area contributed by atoms with Crippen molar-refractivity contribution >= 4 is 11.6 Å². The van der Waals surface area contributed by atoms with Crippen molar-refractivity contribution in [2.24, 2.45) is 7.05 Å². The molecule has 0 aliphatic rings. The maximum atomic E-state index is 12.0. The van der Waals surface area contributed by atoms with Gasteiger partial charge in [-0.1, -0.05) is 18.2 Å². The third kappa shape index (κ3) is 4.12. The van der Waals surface area contributed by atoms with Gasteiger partial charge in [-0.2, -0.15) is 19.9 Å². The number of nitrogen functional groups attached to an aromatic ring is 1. The van der Waals surface area contributed by atoms with Gasteiger partial charge in [0, 0.05) is 24.4 Å². The molecule has 0 atom stereocenters. The van der Waals surface area contributed by atoms with Crippen LogP contribution in [0.25, 0.3) is 28.2 Å². The zero-order valence-electron chi connectivity index (χ0n) is 19.8. The van der Waals surface area contributed by atoms with Gasteiger partial charge in [0.05, 0.1) is 34.3 Å². The molecular weight excluding hydrogens is 458 g/mol. The Morgan fingerprint density at radius 2 is 1.89 bits per heavy atom. The normalized spacial score (nSPS) is 10.9. The molecule has 0 fully saturated rings. The maximum absolute atomic E-state index is 12.0. The van der Waals surface area contributed by atoms with Crippen LogP contribution in [0.4, 0.5) is 5.95 Å². The number of benzene rings is 1. The Balaban J connectivity index is 1.69. The van der Waals surface area contributed by atoms with E-state index in [1.807, 2.05) is 32.0 Å². The van der Waals surface area contributed by atoms with Crippen molar-refractivity contribution in [1.29, 1.82) is 5.26 Å². The van der Waals surface area contributed by atoms with E-state index in [4.69, 9.17) is 10.5 Å². The number of nitrogens with two attached hydrogens (primary N) is 1. The quantitative estimate of drug-likeness (QED) is 0.401. The molecule has 0 saturated heterocycles. The molecule has 1 aromatic carbocycles. The molecule has 0 radical (unpaired) electrons. The molecule has 0 aliphatic carbocycles. The fourth-order valence-electron chi connectivity index (χ4n) is 3.78. The van der Waals surface area contributed by atoms with Gasteiger partial charge in [0.15, 0.2) is 5.65 Å². The Morgan fingerprint density at radius 1 is 1.06 bits per heavy atom. The topological polar surface area (TPSA) is 150 Å². The Morgan fingerprint density at radius 3 is 2.67 bits per heavy atom. The second-order valence-corrected chi connectivity index (χ2v) is 8.20. The van der Waals surface area contributed by atoms with Crippen molar-refractivity contribution in [3.63, 3.8) is 0 Å². The first-order chi connectivity index (χ1) is 17.3. The van der Waals surface area contributed by atoms with Gasteiger partial charge in [0.2, 0.25) is 5.95 Å². The van der Waals surface area contributed by atoms with Crippen LogP contribution in [-0.4, -0.2) is 34.3 Å². The highest BCUT2D eigenvalue weighted by molar-refractivity contribution is 5.89. The molecule has 5 rings (SSSR count). The number of pyridine rings is 1. The molecule has 0 spiro atoms. The zero-order valence-corrected chi connectivity index (χ0v) is 19.8. The summed E-state index contributed by atoms with van der Waals surface area (Å²) in [7, 11) is 1.55. The monoisotopic (exact) mass is 479 g/mol. The van der Waals surface area contributed by atoms with E-state index in [0.717, 1.165) is 17.0 Å². The van der Waals surface area contributed by atoms with Crippen LogP contribution >= 0.6 is 0 Å². The Kier molecular flexibility index (Phi) is 5.62. The lowest BCUT2D eigenvalue weighted by Crippen LogP contribution is -2.18. The van der Waals surface area contributed by atoms with Crippen molar-refractivity contribution in [3.8, 4) is 34.6 Å². The Labute approximate surface area is 205 Å². The van der Waals surface area contributed by atoms with Gasteiger partial charge in [-0.05, 0) is 43.7 Å². The molecule has 0 bridgehead atoms. The minimum absolute atomic E-state index is 0.0724. The van der Waals surface area contributed by atoms with E-state index in [1.165, 1.54) is 15.3 Å². The SMILES string of the molecule is Cc1ccc(C)c(COc2nc3c(-c4ccc(=O)n(C)n4)c(-c4cccc(C#N)c4)nc(N)n3n2)n1. The van der Waals surface area contributed by atoms with Crippen LogP contribution < -0.4 is 16.0 Å². The molecule has 4 aromatic heterocycles. The first kappa shape index (κ1) is 22.7. The van der Waals surface area contributed by atoms with E-state index in [2.05, 4.69) is 31.2 Å². The van der Waals surface area contributed by atoms with Gasteiger partial charge in [0.25, 0.3) is 5.56 Å². The molecule has 0 unspecified atom stereocenters. The standard InChI is InChI=1S/C25H21N9O2/c1-14-7-8-15(2)28-19(14)13-36-25-30-23-21(18-9-10-20(35)33(3)31-18)22(29-24(27)34(23)32-25)17-6-4-5-16(11-17)12-26/h4-11H,13H2,1-3H3,(H2,27,29). The second kappa shape index (κ2) is 8.92. The smallest absolute Gasteiger partial charge is 0.336 e. The summed E-state index contributed by atoms with van der Waals surface area (Å²) < 4.78 is 8.46. The number of anilines is 1. The van der Waals surface area contributed by atoms with Crippen molar-refractivity contribution in [2.75, 3.05) is 5.73 Å². The molecule has 0 amide bonds. The third-order valence-corrected chi connectivity index (χ3v) is 5.65. The predicted molar refractivity (Wildman–Crippen MR) is 132 cm³/mol. The van der Waals surface area contributed by atoms with Crippen LogP contribution in [0, 0.1) is 25.2 Å². The number of hydrogen-bond acceptors (Lipinski definition) is 9. The van der Waals surface area contributed by atoms with Crippen LogP contribution in [0.2, 0.25) is 0 Å². The Hall–Kier alpha value is -5.11. The lowest BCUT2D eigenvalue weighted by molar-refractivity contribution is 0.276. The highest BCUT2D eigenvalue weighted by atomic mass is 16.5. The van der Waals surface area contributed by atoms with Gasteiger partial charge >= 0.3 is 6.01 Å². The number of nitriles is 1. The van der Waals surface area contributed by atoms with E-state index < -0.39 is 0 Å². The minimum Gasteiger partial charge on any atom is -0.456 e. The number of hydrogen-bond donors (Lipinski definition) is 1. The van der Waals surface area contributed by atoms with Gasteiger partial charge in [0.1, 0.15) is 6.61 Å². The number of aryl methyl sites for hydroxylation is 3. The molecule has 11 heteroatoms. The average molecular weight is 480 g/mol. The van der Waals surface area contributed by atoms with Gasteiger partial charge in [-0.3, -0.25) is 9.78 Å². The molecule has 4 heterocycles. The number of fused-ring (bicyclic) bond motifs is 1. The van der Waals surface area contributed by atoms with Crippen LogP contribution in [0.1, 0.15) is 22.5 Å². The molecule has 5 aromatic rings. The highest BCUT2D eigenvalue weighted by Gasteiger charge is 2.22. The van der Waals surface area contributed by atoms with Crippen LogP contribution in [0.3, 0.4) is 0 Å². The lowest BCUT2D eigenvalue weighted by atomic mass is 10.0. The summed E-state index contributed by atoms with van der Waals surface area (Å²) in [6, 6.07) is 16.1. The number of rotatable bonds is 5. The number of nitrogens with zero attached hydrogens (tertiary/aromatic N) is 8. The average Bonchev–Trinajstić information content (AvgIpc) is 3.31. The summed E-state index contributed by atoms with van der Waals surface area (Å²) in [4.78, 5) is 25.7. The molecular formula is C25H21N9O2. The summed E-state index contributed by atoms with van der Waals surface area (Å²) in [6.07, 6.45) is 0. The zero-order chi connectivity index (χ0) is 25.4.